The molecule has 3 nitrogen and oxygen atoms in total. The summed E-state index contributed by atoms with van der Waals surface area (Å²) in [5.41, 5.74) is 6.57. The van der Waals surface area contributed by atoms with Crippen LogP contribution in [0.5, 0.6) is 0 Å². The van der Waals surface area contributed by atoms with Gasteiger partial charge < -0.3 is 10.6 Å². The third-order valence-electron chi connectivity index (χ3n) is 4.68. The van der Waals surface area contributed by atoms with Gasteiger partial charge in [0.05, 0.1) is 0 Å². The molecule has 0 unspecified atom stereocenters. The zero-order chi connectivity index (χ0) is 15.7. The van der Waals surface area contributed by atoms with Gasteiger partial charge in [-0.25, -0.2) is 4.39 Å². The van der Waals surface area contributed by atoms with Crippen LogP contribution in [0.4, 0.5) is 4.39 Å². The Kier molecular flexibility index (Phi) is 4.12. The molecule has 1 saturated carbocycles. The van der Waals surface area contributed by atoms with Crippen molar-refractivity contribution in [2.75, 3.05) is 7.05 Å². The number of nitrogens with two attached hydrogens (primary N) is 1. The van der Waals surface area contributed by atoms with Crippen molar-refractivity contribution >= 4 is 16.7 Å². The lowest BCUT2D eigenvalue weighted by atomic mass is 9.90. The van der Waals surface area contributed by atoms with Gasteiger partial charge in [-0.05, 0) is 54.7 Å². The first-order valence-corrected chi connectivity index (χ1v) is 7.77. The molecule has 0 atom stereocenters. The van der Waals surface area contributed by atoms with E-state index in [-0.39, 0.29) is 23.8 Å². The highest BCUT2D eigenvalue weighted by Gasteiger charge is 2.26. The second-order valence-electron chi connectivity index (χ2n) is 6.16. The molecule has 1 fully saturated rings. The Morgan fingerprint density at radius 1 is 1.18 bits per heavy atom. The third-order valence-corrected chi connectivity index (χ3v) is 4.68. The maximum Gasteiger partial charge on any atom is 0.254 e. The zero-order valence-corrected chi connectivity index (χ0v) is 12.8. The zero-order valence-electron chi connectivity index (χ0n) is 12.8. The molecular formula is C18H21FN2O. The van der Waals surface area contributed by atoms with E-state index in [1.165, 1.54) is 12.1 Å². The third kappa shape index (κ3) is 2.83. The van der Waals surface area contributed by atoms with Gasteiger partial charge in [0, 0.05) is 24.7 Å². The van der Waals surface area contributed by atoms with Crippen LogP contribution in [0.2, 0.25) is 0 Å². The molecule has 116 valence electrons. The lowest BCUT2D eigenvalue weighted by molar-refractivity contribution is 0.0692. The minimum atomic E-state index is -0.285. The molecule has 1 aliphatic rings. The molecule has 2 aromatic rings. The number of carbonyl (C=O) groups is 1. The molecule has 0 radical (unpaired) electrons. The van der Waals surface area contributed by atoms with E-state index in [4.69, 9.17) is 5.73 Å². The van der Waals surface area contributed by atoms with Gasteiger partial charge in [0.2, 0.25) is 0 Å². The minimum absolute atomic E-state index is 0.00215. The average molecular weight is 300 g/mol. The number of halogens is 1. The Balaban J connectivity index is 1.88. The normalized spacial score (nSPS) is 21.8. The highest BCUT2D eigenvalue weighted by atomic mass is 19.1. The van der Waals surface area contributed by atoms with Crippen molar-refractivity contribution < 1.29 is 9.18 Å². The Morgan fingerprint density at radius 2 is 1.91 bits per heavy atom. The number of hydrogen-bond donors (Lipinski definition) is 1. The molecule has 0 aliphatic heterocycles. The maximum atomic E-state index is 13.3. The molecule has 0 saturated heterocycles. The Morgan fingerprint density at radius 3 is 2.64 bits per heavy atom. The Bertz CT molecular complexity index is 693. The van der Waals surface area contributed by atoms with E-state index in [9.17, 15) is 9.18 Å². The summed E-state index contributed by atoms with van der Waals surface area (Å²) in [7, 11) is 1.85. The van der Waals surface area contributed by atoms with Gasteiger partial charge >= 0.3 is 0 Å². The minimum Gasteiger partial charge on any atom is -0.339 e. The number of amides is 1. The van der Waals surface area contributed by atoms with Gasteiger partial charge in [-0.15, -0.1) is 0 Å². The second-order valence-corrected chi connectivity index (χ2v) is 6.16. The fraction of sp³-hybridized carbons (Fsp3) is 0.389. The summed E-state index contributed by atoms with van der Waals surface area (Å²) in [6.07, 6.45) is 3.82. The summed E-state index contributed by atoms with van der Waals surface area (Å²) in [6.45, 7) is 0. The molecule has 2 aromatic carbocycles. The number of carbonyl (C=O) groups excluding carboxylic acids is 1. The summed E-state index contributed by atoms with van der Waals surface area (Å²) in [6, 6.07) is 10.5. The van der Waals surface area contributed by atoms with E-state index in [2.05, 4.69) is 0 Å². The SMILES string of the molecule is CN(C(=O)c1cccc2cc(F)ccc12)C1CCC(N)CC1. The van der Waals surface area contributed by atoms with Crippen LogP contribution in [-0.2, 0) is 0 Å². The number of nitrogens with zero attached hydrogens (tertiary/aromatic N) is 1. The van der Waals surface area contributed by atoms with Crippen molar-refractivity contribution in [3.05, 3.63) is 47.8 Å². The largest absolute Gasteiger partial charge is 0.339 e. The van der Waals surface area contributed by atoms with Crippen molar-refractivity contribution in [1.29, 1.82) is 0 Å². The van der Waals surface area contributed by atoms with Crippen molar-refractivity contribution in [2.45, 2.75) is 37.8 Å². The number of rotatable bonds is 2. The highest BCUT2D eigenvalue weighted by Crippen LogP contribution is 2.25. The first-order chi connectivity index (χ1) is 10.6. The molecule has 0 bridgehead atoms. The van der Waals surface area contributed by atoms with Crippen LogP contribution in [0, 0.1) is 5.82 Å². The summed E-state index contributed by atoms with van der Waals surface area (Å²) >= 11 is 0. The second kappa shape index (κ2) is 6.05. The molecular weight excluding hydrogens is 279 g/mol. The van der Waals surface area contributed by atoms with E-state index in [0.29, 0.717) is 5.56 Å². The molecule has 0 spiro atoms. The van der Waals surface area contributed by atoms with Crippen LogP contribution in [-0.4, -0.2) is 29.9 Å². The van der Waals surface area contributed by atoms with E-state index in [1.807, 2.05) is 24.1 Å². The van der Waals surface area contributed by atoms with Crippen LogP contribution in [0.3, 0.4) is 0 Å². The average Bonchev–Trinajstić information content (AvgIpc) is 2.53. The van der Waals surface area contributed by atoms with E-state index < -0.39 is 0 Å². The molecule has 2 N–H and O–H groups in total. The van der Waals surface area contributed by atoms with Gasteiger partial charge in [-0.3, -0.25) is 4.79 Å². The standard InChI is InChI=1S/C18H21FN2O/c1-21(15-8-6-14(20)7-9-15)18(22)17-4-2-3-12-11-13(19)5-10-16(12)17/h2-5,10-11,14-15H,6-9,20H2,1H3. The van der Waals surface area contributed by atoms with Gasteiger partial charge in [0.1, 0.15) is 5.82 Å². The van der Waals surface area contributed by atoms with Gasteiger partial charge in [-0.2, -0.15) is 0 Å². The van der Waals surface area contributed by atoms with E-state index >= 15 is 0 Å². The van der Waals surface area contributed by atoms with Crippen molar-refractivity contribution in [1.82, 2.24) is 4.90 Å². The molecule has 3 rings (SSSR count). The number of fused-ring (bicyclic) bond motifs is 1. The van der Waals surface area contributed by atoms with Crippen LogP contribution >= 0.6 is 0 Å². The summed E-state index contributed by atoms with van der Waals surface area (Å²) in [5, 5.41) is 1.55. The lowest BCUT2D eigenvalue weighted by Gasteiger charge is -2.33. The molecule has 1 aliphatic carbocycles. The number of benzene rings is 2. The number of hydrogen-bond acceptors (Lipinski definition) is 2. The monoisotopic (exact) mass is 300 g/mol. The van der Waals surface area contributed by atoms with Gasteiger partial charge in [0.25, 0.3) is 5.91 Å². The van der Waals surface area contributed by atoms with Crippen molar-refractivity contribution in [2.24, 2.45) is 5.73 Å². The first-order valence-electron chi connectivity index (χ1n) is 7.77. The molecule has 4 heteroatoms. The molecule has 1 amide bonds. The van der Waals surface area contributed by atoms with Gasteiger partial charge in [0.15, 0.2) is 0 Å². The van der Waals surface area contributed by atoms with Crippen molar-refractivity contribution in [3.8, 4) is 0 Å². The molecule has 0 aromatic heterocycles. The van der Waals surface area contributed by atoms with Crippen LogP contribution in [0.25, 0.3) is 10.8 Å². The van der Waals surface area contributed by atoms with Gasteiger partial charge in [-0.1, -0.05) is 18.2 Å². The maximum absolute atomic E-state index is 13.3. The van der Waals surface area contributed by atoms with Crippen LogP contribution < -0.4 is 5.73 Å². The first kappa shape index (κ1) is 15.0. The summed E-state index contributed by atoms with van der Waals surface area (Å²) < 4.78 is 13.3. The van der Waals surface area contributed by atoms with Crippen LogP contribution in [0.15, 0.2) is 36.4 Å². The smallest absolute Gasteiger partial charge is 0.254 e. The fourth-order valence-corrected chi connectivity index (χ4v) is 3.29. The van der Waals surface area contributed by atoms with Crippen molar-refractivity contribution in [3.63, 3.8) is 0 Å². The summed E-state index contributed by atoms with van der Waals surface area (Å²) in [4.78, 5) is 14.6. The topological polar surface area (TPSA) is 46.3 Å². The molecule has 22 heavy (non-hydrogen) atoms. The highest BCUT2D eigenvalue weighted by molar-refractivity contribution is 6.07. The Labute approximate surface area is 129 Å². The predicted molar refractivity (Wildman–Crippen MR) is 86.2 cm³/mol. The fourth-order valence-electron chi connectivity index (χ4n) is 3.29. The molecule has 0 heterocycles. The quantitative estimate of drug-likeness (QED) is 0.925. The van der Waals surface area contributed by atoms with E-state index in [0.717, 1.165) is 36.5 Å². The van der Waals surface area contributed by atoms with Crippen LogP contribution in [0.1, 0.15) is 36.0 Å². The predicted octanol–water partition coefficient (Wildman–Crippen LogP) is 3.32. The lowest BCUT2D eigenvalue weighted by Crippen LogP contribution is -2.41. The summed E-state index contributed by atoms with van der Waals surface area (Å²) in [5.74, 6) is -0.288. The van der Waals surface area contributed by atoms with E-state index in [1.54, 1.807) is 12.1 Å². The Hall–Kier alpha value is -1.94.